The van der Waals surface area contributed by atoms with Crippen LogP contribution in [-0.2, 0) is 6.42 Å². The molecule has 2 aromatic carbocycles. The van der Waals surface area contributed by atoms with Crippen LogP contribution in [0.4, 0.5) is 5.69 Å². The molecule has 178 valence electrons. The number of aryl methyl sites for hydroxylation is 1. The minimum Gasteiger partial charge on any atom is -0.379 e. The van der Waals surface area contributed by atoms with E-state index in [1.54, 1.807) is 12.3 Å². The minimum atomic E-state index is -0.274. The molecule has 0 unspecified atom stereocenters. The van der Waals surface area contributed by atoms with E-state index in [0.717, 1.165) is 46.6 Å². The van der Waals surface area contributed by atoms with E-state index in [4.69, 9.17) is 4.98 Å². The molecule has 9 nitrogen and oxygen atoms in total. The van der Waals surface area contributed by atoms with Gasteiger partial charge >= 0.3 is 0 Å². The number of hydrogen-bond donors (Lipinski definition) is 3. The van der Waals surface area contributed by atoms with Crippen LogP contribution >= 0.6 is 0 Å². The van der Waals surface area contributed by atoms with Gasteiger partial charge in [0, 0.05) is 25.4 Å². The highest BCUT2D eigenvalue weighted by atomic mass is 16.3. The summed E-state index contributed by atoms with van der Waals surface area (Å²) in [7, 11) is 2.03. The normalized spacial score (nSPS) is 14.2. The number of aromatic amines is 2. The molecule has 0 saturated carbocycles. The van der Waals surface area contributed by atoms with E-state index in [2.05, 4.69) is 36.4 Å². The number of amidine groups is 1. The number of H-pyrrole nitrogens is 2. The lowest BCUT2D eigenvalue weighted by Crippen LogP contribution is -2.27. The molecule has 0 radical (unpaired) electrons. The molecule has 9 heteroatoms. The van der Waals surface area contributed by atoms with Gasteiger partial charge in [0.25, 0.3) is 5.56 Å². The molecule has 3 N–H and O–H groups in total. The third-order valence-electron chi connectivity index (χ3n) is 6.27. The van der Waals surface area contributed by atoms with Crippen LogP contribution < -0.4 is 10.9 Å². The fourth-order valence-corrected chi connectivity index (χ4v) is 4.59. The average molecular weight is 470 g/mol. The summed E-state index contributed by atoms with van der Waals surface area (Å²) in [4.78, 5) is 41.7. The summed E-state index contributed by atoms with van der Waals surface area (Å²) in [5.74, 6) is 1.42. The predicted octanol–water partition coefficient (Wildman–Crippen LogP) is 3.71. The maximum Gasteiger partial charge on any atom is 0.261 e. The van der Waals surface area contributed by atoms with Crippen LogP contribution in [0.1, 0.15) is 16.7 Å². The van der Waals surface area contributed by atoms with E-state index in [1.165, 1.54) is 0 Å². The molecule has 0 amide bonds. The Hall–Kier alpha value is -4.27. The Morgan fingerprint density at radius 2 is 2.03 bits per heavy atom. The summed E-state index contributed by atoms with van der Waals surface area (Å²) in [6.45, 7) is 3.76. The molecule has 5 rings (SSSR count). The number of hydrogen-bond acceptors (Lipinski definition) is 7. The first kappa shape index (κ1) is 22.5. The first-order valence-electron chi connectivity index (χ1n) is 11.6. The van der Waals surface area contributed by atoms with Gasteiger partial charge in [0.2, 0.25) is 0 Å². The highest BCUT2D eigenvalue weighted by molar-refractivity contribution is 6.02. The number of fused-ring (bicyclic) bond motifs is 1. The summed E-state index contributed by atoms with van der Waals surface area (Å²) < 4.78 is 0. The van der Waals surface area contributed by atoms with Crippen LogP contribution in [0, 0.1) is 11.8 Å². The summed E-state index contributed by atoms with van der Waals surface area (Å²) in [6.07, 6.45) is 2.18. The van der Waals surface area contributed by atoms with E-state index in [-0.39, 0.29) is 18.1 Å². The van der Waals surface area contributed by atoms with E-state index < -0.39 is 0 Å². The second-order valence-corrected chi connectivity index (χ2v) is 8.84. The fourth-order valence-electron chi connectivity index (χ4n) is 4.59. The van der Waals surface area contributed by atoms with E-state index in [1.807, 2.05) is 50.4 Å². The molecule has 0 aliphatic carbocycles. The number of anilines is 1. The number of rotatable bonds is 8. The van der Waals surface area contributed by atoms with Crippen molar-refractivity contribution in [3.63, 3.8) is 0 Å². The van der Waals surface area contributed by atoms with Gasteiger partial charge in [-0.2, -0.15) is 4.91 Å². The first-order chi connectivity index (χ1) is 17.0. The number of likely N-dealkylation sites (N-methyl/N-ethyl adjacent to an activating group) is 1. The third kappa shape index (κ3) is 4.57. The van der Waals surface area contributed by atoms with Crippen molar-refractivity contribution in [1.82, 2.24) is 19.9 Å². The molecule has 0 fully saturated rings. The van der Waals surface area contributed by atoms with Crippen LogP contribution in [0.5, 0.6) is 0 Å². The van der Waals surface area contributed by atoms with Gasteiger partial charge in [-0.15, -0.1) is 0 Å². The lowest BCUT2D eigenvalue weighted by atomic mass is 10.1. The Bertz CT molecular complexity index is 1460. The SMILES string of the molecule is Cc1cc(C2=NCCN2C)cc2[nH]c(-c3c(N[C@H](CN=O)Cc4ccccc4)cc[nH]c3=O)nc12. The number of aromatic nitrogens is 3. The minimum absolute atomic E-state index is 0.0688. The summed E-state index contributed by atoms with van der Waals surface area (Å²) in [5, 5.41) is 6.47. The van der Waals surface area contributed by atoms with Gasteiger partial charge in [-0.25, -0.2) is 4.98 Å². The summed E-state index contributed by atoms with van der Waals surface area (Å²) >= 11 is 0. The molecular weight excluding hydrogens is 442 g/mol. The zero-order chi connectivity index (χ0) is 24.4. The number of nitroso groups, excluding NO2 is 1. The van der Waals surface area contributed by atoms with E-state index >= 15 is 0 Å². The average Bonchev–Trinajstić information content (AvgIpc) is 3.46. The van der Waals surface area contributed by atoms with Crippen molar-refractivity contribution >= 4 is 22.6 Å². The number of benzene rings is 2. The van der Waals surface area contributed by atoms with Gasteiger partial charge in [0.05, 0.1) is 29.3 Å². The van der Waals surface area contributed by atoms with E-state index in [9.17, 15) is 9.70 Å². The molecule has 3 heterocycles. The van der Waals surface area contributed by atoms with Crippen molar-refractivity contribution in [2.24, 2.45) is 10.2 Å². The van der Waals surface area contributed by atoms with Crippen LogP contribution in [0.3, 0.4) is 0 Å². The molecule has 4 aromatic rings. The standard InChI is InChI=1S/C26H27N7O2/c1-16-12-18(25-27-10-11-33(25)2)14-21-23(16)32-24(31-21)22-20(8-9-28-26(22)34)30-19(15-29-35)13-17-6-4-3-5-7-17/h3-9,12,14,19H,10-11,13,15H2,1-2H3,(H,31,32)(H2,28,30,34)/t19-/m0/s1. The number of imidazole rings is 1. The highest BCUT2D eigenvalue weighted by Gasteiger charge is 2.20. The van der Waals surface area contributed by atoms with Crippen LogP contribution in [-0.4, -0.2) is 58.4 Å². The second-order valence-electron chi connectivity index (χ2n) is 8.84. The van der Waals surface area contributed by atoms with Crippen LogP contribution in [0.25, 0.3) is 22.4 Å². The topological polar surface area (TPSA) is 119 Å². The van der Waals surface area contributed by atoms with Crippen molar-refractivity contribution in [3.8, 4) is 11.4 Å². The quantitative estimate of drug-likeness (QED) is 0.340. The summed E-state index contributed by atoms with van der Waals surface area (Å²) in [5.41, 5.74) is 5.44. The van der Waals surface area contributed by atoms with Crippen LogP contribution in [0.15, 0.2) is 69.7 Å². The van der Waals surface area contributed by atoms with Crippen molar-refractivity contribution in [3.05, 3.63) is 86.7 Å². The second kappa shape index (κ2) is 9.54. The largest absolute Gasteiger partial charge is 0.379 e. The lowest BCUT2D eigenvalue weighted by Gasteiger charge is -2.18. The molecule has 0 bridgehead atoms. The zero-order valence-electron chi connectivity index (χ0n) is 19.7. The lowest BCUT2D eigenvalue weighted by molar-refractivity contribution is 0.557. The zero-order valence-corrected chi connectivity index (χ0v) is 19.7. The van der Waals surface area contributed by atoms with Crippen LogP contribution in [0.2, 0.25) is 0 Å². The Morgan fingerprint density at radius 3 is 2.77 bits per heavy atom. The number of pyridine rings is 1. The predicted molar refractivity (Wildman–Crippen MR) is 139 cm³/mol. The van der Waals surface area contributed by atoms with Gasteiger partial charge in [0.15, 0.2) is 0 Å². The van der Waals surface area contributed by atoms with Crippen molar-refractivity contribution < 1.29 is 0 Å². The van der Waals surface area contributed by atoms with Crippen molar-refractivity contribution in [2.75, 3.05) is 32.0 Å². The van der Waals surface area contributed by atoms with Crippen molar-refractivity contribution in [2.45, 2.75) is 19.4 Å². The molecule has 0 saturated heterocycles. The van der Waals surface area contributed by atoms with Gasteiger partial charge in [-0.1, -0.05) is 35.5 Å². The summed E-state index contributed by atoms with van der Waals surface area (Å²) in [6, 6.07) is 15.5. The molecular formula is C26H27N7O2. The molecule has 1 aliphatic heterocycles. The maximum atomic E-state index is 13.0. The Morgan fingerprint density at radius 1 is 1.20 bits per heavy atom. The first-order valence-corrected chi connectivity index (χ1v) is 11.6. The van der Waals surface area contributed by atoms with Gasteiger partial charge in [-0.05, 0) is 42.7 Å². The fraction of sp³-hybridized carbons (Fsp3) is 0.269. The Balaban J connectivity index is 1.52. The number of aliphatic imine (C=N–C) groups is 1. The van der Waals surface area contributed by atoms with Gasteiger partial charge in [-0.3, -0.25) is 9.79 Å². The van der Waals surface area contributed by atoms with Gasteiger partial charge < -0.3 is 20.2 Å². The highest BCUT2D eigenvalue weighted by Crippen LogP contribution is 2.28. The maximum absolute atomic E-state index is 13.0. The molecule has 35 heavy (non-hydrogen) atoms. The van der Waals surface area contributed by atoms with E-state index in [0.29, 0.717) is 23.5 Å². The molecule has 1 aliphatic rings. The molecule has 0 spiro atoms. The monoisotopic (exact) mass is 469 g/mol. The Kier molecular flexibility index (Phi) is 6.13. The molecule has 1 atom stereocenters. The smallest absolute Gasteiger partial charge is 0.261 e. The third-order valence-corrected chi connectivity index (χ3v) is 6.27. The number of nitrogens with zero attached hydrogens (tertiary/aromatic N) is 4. The Labute approximate surface area is 202 Å². The number of nitrogens with one attached hydrogen (secondary N) is 3. The van der Waals surface area contributed by atoms with Crippen molar-refractivity contribution in [1.29, 1.82) is 0 Å². The van der Waals surface area contributed by atoms with Gasteiger partial charge in [0.1, 0.15) is 23.8 Å². The molecule has 2 aromatic heterocycles.